The van der Waals surface area contributed by atoms with E-state index in [2.05, 4.69) is 25.9 Å². The van der Waals surface area contributed by atoms with Crippen molar-refractivity contribution in [1.82, 2.24) is 9.97 Å². The average molecular weight is 303 g/mol. The van der Waals surface area contributed by atoms with E-state index in [1.165, 1.54) is 0 Å². The van der Waals surface area contributed by atoms with Crippen LogP contribution in [0, 0.1) is 6.92 Å². The first-order chi connectivity index (χ1) is 8.68. The van der Waals surface area contributed by atoms with Crippen molar-refractivity contribution in [3.63, 3.8) is 0 Å². The zero-order valence-corrected chi connectivity index (χ0v) is 11.5. The maximum atomic E-state index is 12.0. The summed E-state index contributed by atoms with van der Waals surface area (Å²) in [6.07, 6.45) is 4.90. The number of halogens is 1. The lowest BCUT2D eigenvalue weighted by atomic mass is 10.0. The molecular formula is C14H11BrN2O. The topological polar surface area (TPSA) is 42.9 Å². The van der Waals surface area contributed by atoms with Crippen LogP contribution in [0.2, 0.25) is 0 Å². The van der Waals surface area contributed by atoms with Crippen LogP contribution in [0.25, 0.3) is 11.3 Å². The number of hydrogen-bond acceptors (Lipinski definition) is 3. The first-order valence-electron chi connectivity index (χ1n) is 5.81. The van der Waals surface area contributed by atoms with Crippen LogP contribution in [0.1, 0.15) is 28.0 Å². The first-order valence-corrected chi connectivity index (χ1v) is 6.60. The van der Waals surface area contributed by atoms with E-state index >= 15 is 0 Å². The van der Waals surface area contributed by atoms with E-state index in [-0.39, 0.29) is 5.78 Å². The number of Topliss-reactive ketones (excluding diaryl/α,β-unsaturated/α-hetero) is 1. The van der Waals surface area contributed by atoms with Gasteiger partial charge in [-0.1, -0.05) is 0 Å². The Morgan fingerprint density at radius 3 is 2.89 bits per heavy atom. The molecule has 2 heterocycles. The van der Waals surface area contributed by atoms with Gasteiger partial charge in [-0.25, -0.2) is 0 Å². The van der Waals surface area contributed by atoms with Gasteiger partial charge in [0.05, 0.1) is 5.69 Å². The third kappa shape index (κ3) is 1.68. The number of ketones is 1. The molecule has 3 nitrogen and oxygen atoms in total. The summed E-state index contributed by atoms with van der Waals surface area (Å²) in [5.74, 6) is 0.178. The third-order valence-corrected chi connectivity index (χ3v) is 3.96. The predicted octanol–water partition coefficient (Wildman–Crippen LogP) is 3.34. The van der Waals surface area contributed by atoms with Gasteiger partial charge in [-0.3, -0.25) is 14.8 Å². The molecule has 0 bridgehead atoms. The molecule has 18 heavy (non-hydrogen) atoms. The Bertz CT molecular complexity index is 652. The second kappa shape index (κ2) is 4.28. The number of aromatic nitrogens is 2. The van der Waals surface area contributed by atoms with E-state index in [4.69, 9.17) is 0 Å². The number of nitrogens with zero attached hydrogens (tertiary/aromatic N) is 2. The molecule has 1 aliphatic rings. The first kappa shape index (κ1) is 11.5. The fourth-order valence-electron chi connectivity index (χ4n) is 2.37. The van der Waals surface area contributed by atoms with Crippen LogP contribution < -0.4 is 0 Å². The van der Waals surface area contributed by atoms with Gasteiger partial charge in [0.2, 0.25) is 0 Å². The van der Waals surface area contributed by atoms with Crippen LogP contribution in [0.3, 0.4) is 0 Å². The lowest BCUT2D eigenvalue weighted by molar-refractivity contribution is 0.0995. The predicted molar refractivity (Wildman–Crippen MR) is 72.6 cm³/mol. The van der Waals surface area contributed by atoms with Gasteiger partial charge in [0, 0.05) is 40.1 Å². The zero-order valence-electron chi connectivity index (χ0n) is 9.90. The highest BCUT2D eigenvalue weighted by atomic mass is 79.9. The van der Waals surface area contributed by atoms with E-state index < -0.39 is 0 Å². The van der Waals surface area contributed by atoms with Crippen LogP contribution >= 0.6 is 15.9 Å². The van der Waals surface area contributed by atoms with Gasteiger partial charge in [0.25, 0.3) is 0 Å². The lowest BCUT2D eigenvalue weighted by Gasteiger charge is -2.09. The normalized spacial score (nSPS) is 13.8. The molecule has 0 aliphatic heterocycles. The Labute approximate surface area is 113 Å². The highest BCUT2D eigenvalue weighted by Gasteiger charge is 2.27. The quantitative estimate of drug-likeness (QED) is 0.811. The Kier molecular flexibility index (Phi) is 2.74. The minimum atomic E-state index is 0.178. The molecule has 0 fully saturated rings. The largest absolute Gasteiger partial charge is 0.294 e. The van der Waals surface area contributed by atoms with Crippen molar-refractivity contribution in [3.8, 4) is 11.3 Å². The molecule has 4 heteroatoms. The van der Waals surface area contributed by atoms with E-state index in [1.807, 2.05) is 19.1 Å². The smallest absolute Gasteiger partial charge is 0.165 e. The van der Waals surface area contributed by atoms with Gasteiger partial charge in [0.15, 0.2) is 5.78 Å². The number of carbonyl (C=O) groups is 1. The Morgan fingerprint density at radius 1 is 1.28 bits per heavy atom. The van der Waals surface area contributed by atoms with Gasteiger partial charge in [-0.15, -0.1) is 0 Å². The fraction of sp³-hybridized carbons (Fsp3) is 0.214. The Hall–Kier alpha value is -1.55. The summed E-state index contributed by atoms with van der Waals surface area (Å²) < 4.78 is 0.925. The molecule has 0 unspecified atom stereocenters. The van der Waals surface area contributed by atoms with Crippen molar-refractivity contribution in [2.75, 3.05) is 0 Å². The second-order valence-corrected chi connectivity index (χ2v) is 5.22. The minimum absolute atomic E-state index is 0.178. The maximum absolute atomic E-state index is 12.0. The van der Waals surface area contributed by atoms with Crippen molar-refractivity contribution in [2.45, 2.75) is 19.8 Å². The number of aryl methyl sites for hydroxylation is 1. The van der Waals surface area contributed by atoms with E-state index in [0.717, 1.165) is 39.0 Å². The van der Waals surface area contributed by atoms with Crippen LogP contribution in [-0.2, 0) is 6.42 Å². The molecule has 0 spiro atoms. The number of fused-ring (bicyclic) bond motifs is 1. The summed E-state index contributed by atoms with van der Waals surface area (Å²) in [4.78, 5) is 20.7. The molecule has 2 aromatic heterocycles. The van der Waals surface area contributed by atoms with Crippen molar-refractivity contribution in [3.05, 3.63) is 45.8 Å². The highest BCUT2D eigenvalue weighted by molar-refractivity contribution is 9.10. The van der Waals surface area contributed by atoms with E-state index in [0.29, 0.717) is 6.42 Å². The summed E-state index contributed by atoms with van der Waals surface area (Å²) in [7, 11) is 0. The molecule has 0 amide bonds. The Morgan fingerprint density at radius 2 is 2.11 bits per heavy atom. The van der Waals surface area contributed by atoms with Crippen molar-refractivity contribution in [2.24, 2.45) is 0 Å². The van der Waals surface area contributed by atoms with Crippen molar-refractivity contribution in [1.29, 1.82) is 0 Å². The van der Waals surface area contributed by atoms with Crippen LogP contribution in [0.15, 0.2) is 29.0 Å². The van der Waals surface area contributed by atoms with Gasteiger partial charge in [-0.05, 0) is 47.0 Å². The third-order valence-electron chi connectivity index (χ3n) is 3.28. The Balaban J connectivity index is 2.30. The van der Waals surface area contributed by atoms with Gasteiger partial charge in [0.1, 0.15) is 0 Å². The molecule has 0 radical (unpaired) electrons. The molecule has 90 valence electrons. The molecule has 3 rings (SSSR count). The molecule has 1 aliphatic carbocycles. The molecule has 0 saturated heterocycles. The molecular weight excluding hydrogens is 292 g/mol. The molecule has 0 aromatic carbocycles. The summed E-state index contributed by atoms with van der Waals surface area (Å²) in [6.45, 7) is 1.94. The lowest BCUT2D eigenvalue weighted by Crippen LogP contribution is -2.01. The second-order valence-electron chi connectivity index (χ2n) is 4.37. The monoisotopic (exact) mass is 302 g/mol. The van der Waals surface area contributed by atoms with Crippen LogP contribution in [0.4, 0.5) is 0 Å². The summed E-state index contributed by atoms with van der Waals surface area (Å²) in [5.41, 5.74) is 4.45. The van der Waals surface area contributed by atoms with Crippen molar-refractivity contribution >= 4 is 21.7 Å². The van der Waals surface area contributed by atoms with Gasteiger partial charge >= 0.3 is 0 Å². The molecule has 0 atom stereocenters. The van der Waals surface area contributed by atoms with Crippen molar-refractivity contribution < 1.29 is 4.79 Å². The van der Waals surface area contributed by atoms with E-state index in [1.54, 1.807) is 12.4 Å². The summed E-state index contributed by atoms with van der Waals surface area (Å²) in [6, 6.07) is 3.84. The maximum Gasteiger partial charge on any atom is 0.165 e. The molecule has 2 aromatic rings. The zero-order chi connectivity index (χ0) is 12.7. The van der Waals surface area contributed by atoms with E-state index in [9.17, 15) is 4.79 Å². The van der Waals surface area contributed by atoms with Gasteiger partial charge < -0.3 is 0 Å². The number of rotatable bonds is 1. The number of carbonyl (C=O) groups excluding carboxylic acids is 1. The number of hydrogen-bond donors (Lipinski definition) is 0. The molecule has 0 saturated carbocycles. The average Bonchev–Trinajstić information content (AvgIpc) is 2.75. The highest BCUT2D eigenvalue weighted by Crippen LogP contribution is 2.35. The summed E-state index contributed by atoms with van der Waals surface area (Å²) >= 11 is 3.47. The molecule has 0 N–H and O–H groups in total. The number of pyridine rings is 2. The fourth-order valence-corrected chi connectivity index (χ4v) is 2.87. The van der Waals surface area contributed by atoms with Crippen LogP contribution in [0.5, 0.6) is 0 Å². The van der Waals surface area contributed by atoms with Crippen LogP contribution in [-0.4, -0.2) is 15.8 Å². The van der Waals surface area contributed by atoms with Gasteiger partial charge in [-0.2, -0.15) is 0 Å². The standard InChI is InChI=1S/C14H11BrN2O/c1-8-9(3-2-6-16-8)14-13-10(4-5-12(13)18)11(15)7-17-14/h2-3,6-7H,4-5H2,1H3. The SMILES string of the molecule is Cc1ncccc1-c1ncc(Br)c2c1C(=O)CC2. The summed E-state index contributed by atoms with van der Waals surface area (Å²) in [5, 5.41) is 0. The minimum Gasteiger partial charge on any atom is -0.294 e.